The minimum absolute atomic E-state index is 0.0358. The summed E-state index contributed by atoms with van der Waals surface area (Å²) in [7, 11) is 0. The highest BCUT2D eigenvalue weighted by atomic mass is 79.9. The van der Waals surface area contributed by atoms with Crippen molar-refractivity contribution in [2.75, 3.05) is 30.3 Å². The zero-order chi connectivity index (χ0) is 25.8. The number of halogens is 4. The number of carbonyl (C=O) groups is 2. The van der Waals surface area contributed by atoms with E-state index in [9.17, 15) is 22.8 Å². The minimum atomic E-state index is -4.56. The van der Waals surface area contributed by atoms with Crippen LogP contribution in [0, 0.1) is 0 Å². The Labute approximate surface area is 214 Å². The van der Waals surface area contributed by atoms with E-state index in [4.69, 9.17) is 4.74 Å². The van der Waals surface area contributed by atoms with Crippen LogP contribution in [0.2, 0.25) is 0 Å². The van der Waals surface area contributed by atoms with Crippen LogP contribution in [-0.4, -0.2) is 37.2 Å². The average Bonchev–Trinajstić information content (AvgIpc) is 2.72. The fraction of sp³-hybridized carbons (Fsp3) is 0.391. The molecule has 2 aromatic rings. The van der Waals surface area contributed by atoms with Crippen LogP contribution in [0.25, 0.3) is 0 Å². The van der Waals surface area contributed by atoms with Gasteiger partial charge in [0.25, 0.3) is 0 Å². The van der Waals surface area contributed by atoms with Crippen LogP contribution >= 0.6 is 27.7 Å². The lowest BCUT2D eigenvalue weighted by molar-refractivity contribution is -0.137. The number of rotatable bonds is 7. The maximum atomic E-state index is 13.5. The summed E-state index contributed by atoms with van der Waals surface area (Å²) < 4.78 is 46.4. The third-order valence-corrected chi connectivity index (χ3v) is 6.22. The predicted molar refractivity (Wildman–Crippen MR) is 133 cm³/mol. The predicted octanol–water partition coefficient (Wildman–Crippen LogP) is 6.12. The van der Waals surface area contributed by atoms with Gasteiger partial charge in [0.1, 0.15) is 5.60 Å². The number of amides is 2. The third kappa shape index (κ3) is 8.04. The summed E-state index contributed by atoms with van der Waals surface area (Å²) in [5.74, 6) is -0.437. The first kappa shape index (κ1) is 27.2. The molecule has 2 aromatic carbocycles. The molecular weight excluding hydrogens is 549 g/mol. The van der Waals surface area contributed by atoms with Crippen molar-refractivity contribution >= 4 is 56.8 Å². The van der Waals surface area contributed by atoms with Crippen molar-refractivity contribution in [3.8, 4) is 0 Å². The lowest BCUT2D eigenvalue weighted by Gasteiger charge is -2.25. The highest BCUT2D eigenvalue weighted by Crippen LogP contribution is 2.50. The maximum Gasteiger partial charge on any atom is 0.416 e. The Kier molecular flexibility index (Phi) is 8.60. The van der Waals surface area contributed by atoms with E-state index < -0.39 is 29.3 Å². The van der Waals surface area contributed by atoms with Crippen LogP contribution in [0.3, 0.4) is 0 Å². The summed E-state index contributed by atoms with van der Waals surface area (Å²) in [6.45, 7) is 6.26. The number of benzene rings is 2. The lowest BCUT2D eigenvalue weighted by Crippen LogP contribution is -2.36. The fourth-order valence-electron chi connectivity index (χ4n) is 3.13. The van der Waals surface area contributed by atoms with E-state index in [1.807, 2.05) is 18.2 Å². The van der Waals surface area contributed by atoms with E-state index >= 15 is 0 Å². The largest absolute Gasteiger partial charge is 0.444 e. The molecule has 1 aliphatic rings. The molecule has 0 saturated heterocycles. The Morgan fingerprint density at radius 1 is 1.06 bits per heavy atom. The molecule has 0 bridgehead atoms. The summed E-state index contributed by atoms with van der Waals surface area (Å²) in [6.07, 6.45) is -5.06. The van der Waals surface area contributed by atoms with E-state index in [-0.39, 0.29) is 18.7 Å². The van der Waals surface area contributed by atoms with Crippen molar-refractivity contribution < 1.29 is 27.5 Å². The quantitative estimate of drug-likeness (QED) is 0.254. The van der Waals surface area contributed by atoms with E-state index in [1.54, 1.807) is 20.8 Å². The van der Waals surface area contributed by atoms with Gasteiger partial charge in [0.15, 0.2) is 0 Å². The first-order valence-corrected chi connectivity index (χ1v) is 12.4. The molecule has 4 N–H and O–H groups in total. The molecule has 12 heteroatoms. The van der Waals surface area contributed by atoms with Gasteiger partial charge < -0.3 is 26.0 Å². The molecule has 1 heterocycles. The van der Waals surface area contributed by atoms with E-state index in [2.05, 4.69) is 37.2 Å². The summed E-state index contributed by atoms with van der Waals surface area (Å²) in [5, 5.41) is 11.3. The highest BCUT2D eigenvalue weighted by Gasteiger charge is 2.33. The van der Waals surface area contributed by atoms with Gasteiger partial charge >= 0.3 is 12.3 Å². The molecule has 0 fully saturated rings. The van der Waals surface area contributed by atoms with Gasteiger partial charge in [-0.25, -0.2) is 4.79 Å². The summed E-state index contributed by atoms with van der Waals surface area (Å²) in [6, 6.07) is 7.47. The number of anilines is 3. The monoisotopic (exact) mass is 574 g/mol. The molecule has 0 aliphatic carbocycles. The number of fused-ring (bicyclic) bond motifs is 2. The molecule has 190 valence electrons. The molecule has 0 atom stereocenters. The van der Waals surface area contributed by atoms with Gasteiger partial charge in [-0.1, -0.05) is 27.7 Å². The van der Waals surface area contributed by atoms with Crippen LogP contribution in [0.5, 0.6) is 0 Å². The minimum Gasteiger partial charge on any atom is -0.444 e. The second-order valence-electron chi connectivity index (χ2n) is 8.74. The first-order valence-electron chi connectivity index (χ1n) is 10.8. The Hall–Kier alpha value is -2.44. The topological polar surface area (TPSA) is 91.5 Å². The molecular formula is C23H26BrF3N4O3S. The number of hydrogen-bond donors (Lipinski definition) is 4. The van der Waals surface area contributed by atoms with Crippen LogP contribution in [0.4, 0.5) is 35.0 Å². The number of alkyl halides is 3. The van der Waals surface area contributed by atoms with Crippen molar-refractivity contribution in [3.63, 3.8) is 0 Å². The van der Waals surface area contributed by atoms with E-state index in [0.29, 0.717) is 23.7 Å². The lowest BCUT2D eigenvalue weighted by atomic mass is 10.1. The molecule has 0 saturated carbocycles. The number of nitrogens with one attached hydrogen (secondary N) is 4. The van der Waals surface area contributed by atoms with Crippen molar-refractivity contribution in [2.24, 2.45) is 0 Å². The van der Waals surface area contributed by atoms with Crippen molar-refractivity contribution in [3.05, 3.63) is 40.4 Å². The zero-order valence-corrected chi connectivity index (χ0v) is 21.8. The Balaban J connectivity index is 1.59. The second-order valence-corrected chi connectivity index (χ2v) is 10.7. The van der Waals surface area contributed by atoms with Gasteiger partial charge in [0, 0.05) is 40.3 Å². The summed E-state index contributed by atoms with van der Waals surface area (Å²) >= 11 is 4.57. The van der Waals surface area contributed by atoms with Crippen LogP contribution in [0.15, 0.2) is 44.6 Å². The van der Waals surface area contributed by atoms with Crippen molar-refractivity contribution in [1.82, 2.24) is 10.6 Å². The second kappa shape index (κ2) is 11.1. The Morgan fingerprint density at radius 3 is 2.49 bits per heavy atom. The van der Waals surface area contributed by atoms with E-state index in [0.717, 1.165) is 27.2 Å². The Morgan fingerprint density at radius 2 is 1.80 bits per heavy atom. The van der Waals surface area contributed by atoms with Crippen molar-refractivity contribution in [1.29, 1.82) is 0 Å². The van der Waals surface area contributed by atoms with Gasteiger partial charge in [-0.15, -0.1) is 0 Å². The summed E-state index contributed by atoms with van der Waals surface area (Å²) in [5.41, 5.74) is -0.219. The molecule has 0 unspecified atom stereocenters. The van der Waals surface area contributed by atoms with Gasteiger partial charge in [0.05, 0.1) is 22.6 Å². The molecule has 35 heavy (non-hydrogen) atoms. The standard InChI is InChI=1S/C23H26BrF3N4O3S/c1-22(2,3)34-21(33)29-9-8-28-7-6-19(32)30-16-10-13(23(25,26)27)11-18-20(16)31-15-5-4-14(24)12-17(15)35-18/h4-5,10-12,28,31H,6-9H2,1-3H3,(H,29,33)(H,30,32). The molecule has 7 nitrogen and oxygen atoms in total. The SMILES string of the molecule is CC(C)(C)OC(=O)NCCNCCC(=O)Nc1cc(C(F)(F)F)cc2c1Nc1ccc(Br)cc1S2. The third-order valence-electron chi connectivity index (χ3n) is 4.63. The molecule has 3 rings (SSSR count). The Bertz CT molecular complexity index is 1110. The van der Waals surface area contributed by atoms with Gasteiger partial charge in [-0.3, -0.25) is 4.79 Å². The van der Waals surface area contributed by atoms with Crippen LogP contribution in [0.1, 0.15) is 32.8 Å². The highest BCUT2D eigenvalue weighted by molar-refractivity contribution is 9.10. The summed E-state index contributed by atoms with van der Waals surface area (Å²) in [4.78, 5) is 25.2. The zero-order valence-electron chi connectivity index (χ0n) is 19.4. The fourth-order valence-corrected chi connectivity index (χ4v) is 4.74. The number of ether oxygens (including phenoxy) is 1. The normalized spacial score (nSPS) is 12.8. The van der Waals surface area contributed by atoms with Gasteiger partial charge in [0.2, 0.25) is 5.91 Å². The van der Waals surface area contributed by atoms with Crippen LogP contribution < -0.4 is 21.3 Å². The molecule has 0 spiro atoms. The van der Waals surface area contributed by atoms with Crippen molar-refractivity contribution in [2.45, 2.75) is 48.8 Å². The van der Waals surface area contributed by atoms with Crippen LogP contribution in [-0.2, 0) is 15.7 Å². The maximum absolute atomic E-state index is 13.5. The average molecular weight is 575 g/mol. The van der Waals surface area contributed by atoms with Gasteiger partial charge in [-0.05, 0) is 51.1 Å². The molecule has 0 aromatic heterocycles. The first-order chi connectivity index (χ1) is 16.3. The van der Waals surface area contributed by atoms with E-state index in [1.165, 1.54) is 11.8 Å². The number of carbonyl (C=O) groups excluding carboxylic acids is 2. The molecule has 0 radical (unpaired) electrons. The smallest absolute Gasteiger partial charge is 0.416 e. The molecule has 1 aliphatic heterocycles. The number of alkyl carbamates (subject to hydrolysis) is 1. The molecule has 2 amide bonds. The van der Waals surface area contributed by atoms with Gasteiger partial charge in [-0.2, -0.15) is 13.2 Å². The number of hydrogen-bond acceptors (Lipinski definition) is 6.